The molecule has 0 aliphatic carbocycles. The molecule has 1 unspecified atom stereocenters. The Bertz CT molecular complexity index is 211. The molecule has 1 atom stereocenters. The molecule has 0 aromatic rings. The molecule has 0 spiro atoms. The van der Waals surface area contributed by atoms with E-state index in [0.29, 0.717) is 13.0 Å². The molecular weight excluding hydrogens is 220 g/mol. The maximum Gasteiger partial charge on any atom is 0.334 e. The lowest BCUT2D eigenvalue weighted by Gasteiger charge is -2.21. The number of hydrogen-bond acceptors (Lipinski definition) is 4. The van der Waals surface area contributed by atoms with Crippen LogP contribution in [0.15, 0.2) is 0 Å². The molecule has 0 aromatic heterocycles. The molecule has 1 aliphatic rings. The molecule has 0 bridgehead atoms. The SMILES string of the molecule is CCOC(=O)C(O)CCCCC1CCOCC1. The lowest BCUT2D eigenvalue weighted by Crippen LogP contribution is -2.23. The zero-order valence-electron chi connectivity index (χ0n) is 10.7. The summed E-state index contributed by atoms with van der Waals surface area (Å²) < 4.78 is 10.0. The van der Waals surface area contributed by atoms with Gasteiger partial charge in [-0.05, 0) is 32.1 Å². The summed E-state index contributed by atoms with van der Waals surface area (Å²) in [6.07, 6.45) is 5.02. The first-order valence-corrected chi connectivity index (χ1v) is 6.66. The van der Waals surface area contributed by atoms with E-state index in [4.69, 9.17) is 9.47 Å². The van der Waals surface area contributed by atoms with E-state index in [-0.39, 0.29) is 0 Å². The Hall–Kier alpha value is -0.610. The topological polar surface area (TPSA) is 55.8 Å². The van der Waals surface area contributed by atoms with Gasteiger partial charge in [-0.2, -0.15) is 0 Å². The maximum atomic E-state index is 11.2. The fraction of sp³-hybridized carbons (Fsp3) is 0.923. The van der Waals surface area contributed by atoms with Crippen molar-refractivity contribution in [1.82, 2.24) is 0 Å². The van der Waals surface area contributed by atoms with Crippen molar-refractivity contribution in [2.24, 2.45) is 5.92 Å². The largest absolute Gasteiger partial charge is 0.464 e. The van der Waals surface area contributed by atoms with E-state index >= 15 is 0 Å². The van der Waals surface area contributed by atoms with Gasteiger partial charge in [-0.15, -0.1) is 0 Å². The molecule has 1 rings (SSSR count). The summed E-state index contributed by atoms with van der Waals surface area (Å²) >= 11 is 0. The van der Waals surface area contributed by atoms with Crippen LogP contribution in [0.1, 0.15) is 45.4 Å². The lowest BCUT2D eigenvalue weighted by atomic mass is 9.93. The molecule has 0 amide bonds. The standard InChI is InChI=1S/C13H24O4/c1-2-17-13(15)12(14)6-4-3-5-11-7-9-16-10-8-11/h11-12,14H,2-10H2,1H3. The second kappa shape index (κ2) is 8.48. The average Bonchev–Trinajstić information content (AvgIpc) is 2.36. The fourth-order valence-corrected chi connectivity index (χ4v) is 2.16. The third-order valence-electron chi connectivity index (χ3n) is 3.24. The van der Waals surface area contributed by atoms with Gasteiger partial charge < -0.3 is 14.6 Å². The molecule has 0 aromatic carbocycles. The van der Waals surface area contributed by atoms with Crippen molar-refractivity contribution < 1.29 is 19.4 Å². The number of aliphatic hydroxyl groups excluding tert-OH is 1. The van der Waals surface area contributed by atoms with Gasteiger partial charge in [0.15, 0.2) is 6.10 Å². The van der Waals surface area contributed by atoms with Crippen molar-refractivity contribution in [1.29, 1.82) is 0 Å². The summed E-state index contributed by atoms with van der Waals surface area (Å²) in [6, 6.07) is 0. The highest BCUT2D eigenvalue weighted by Gasteiger charge is 2.16. The molecular formula is C13H24O4. The van der Waals surface area contributed by atoms with Crippen molar-refractivity contribution in [3.05, 3.63) is 0 Å². The van der Waals surface area contributed by atoms with Crippen molar-refractivity contribution in [2.45, 2.75) is 51.6 Å². The highest BCUT2D eigenvalue weighted by molar-refractivity contribution is 5.74. The molecule has 1 fully saturated rings. The van der Waals surface area contributed by atoms with Crippen LogP contribution in [0.25, 0.3) is 0 Å². The summed E-state index contributed by atoms with van der Waals surface area (Å²) in [6.45, 7) is 3.85. The monoisotopic (exact) mass is 244 g/mol. The fourth-order valence-electron chi connectivity index (χ4n) is 2.16. The lowest BCUT2D eigenvalue weighted by molar-refractivity contribution is -0.153. The molecule has 0 saturated carbocycles. The van der Waals surface area contributed by atoms with Gasteiger partial charge in [0, 0.05) is 13.2 Å². The summed E-state index contributed by atoms with van der Waals surface area (Å²) in [5, 5.41) is 9.49. The molecule has 1 heterocycles. The van der Waals surface area contributed by atoms with Crippen LogP contribution in [0, 0.1) is 5.92 Å². The second-order valence-corrected chi connectivity index (χ2v) is 4.61. The van der Waals surface area contributed by atoms with Crippen LogP contribution < -0.4 is 0 Å². The number of ether oxygens (including phenoxy) is 2. The molecule has 1 saturated heterocycles. The van der Waals surface area contributed by atoms with Gasteiger partial charge in [0.2, 0.25) is 0 Å². The van der Waals surface area contributed by atoms with Crippen LogP contribution in [0.3, 0.4) is 0 Å². The quantitative estimate of drug-likeness (QED) is 0.549. The van der Waals surface area contributed by atoms with Crippen molar-refractivity contribution in [3.63, 3.8) is 0 Å². The first kappa shape index (κ1) is 14.5. The van der Waals surface area contributed by atoms with Gasteiger partial charge in [-0.3, -0.25) is 0 Å². The summed E-state index contributed by atoms with van der Waals surface area (Å²) in [5.41, 5.74) is 0. The van der Waals surface area contributed by atoms with Gasteiger partial charge in [-0.25, -0.2) is 4.79 Å². The van der Waals surface area contributed by atoms with Crippen LogP contribution in [0.4, 0.5) is 0 Å². The third-order valence-corrected chi connectivity index (χ3v) is 3.24. The Morgan fingerprint density at radius 1 is 1.41 bits per heavy atom. The predicted molar refractivity (Wildman–Crippen MR) is 64.7 cm³/mol. The van der Waals surface area contributed by atoms with Gasteiger partial charge in [0.25, 0.3) is 0 Å². The maximum absolute atomic E-state index is 11.2. The Balaban J connectivity index is 2.00. The normalized spacial score (nSPS) is 18.9. The number of rotatable bonds is 7. The highest BCUT2D eigenvalue weighted by Crippen LogP contribution is 2.21. The molecule has 1 N–H and O–H groups in total. The minimum atomic E-state index is -0.940. The minimum Gasteiger partial charge on any atom is -0.464 e. The number of carbonyl (C=O) groups is 1. The smallest absolute Gasteiger partial charge is 0.334 e. The third kappa shape index (κ3) is 6.03. The predicted octanol–water partition coefficient (Wildman–Crippen LogP) is 1.90. The number of esters is 1. The van der Waals surface area contributed by atoms with E-state index in [0.717, 1.165) is 44.8 Å². The Labute approximate surface area is 103 Å². The van der Waals surface area contributed by atoms with Crippen LogP contribution in [0.2, 0.25) is 0 Å². The molecule has 4 nitrogen and oxygen atoms in total. The van der Waals surface area contributed by atoms with Crippen LogP contribution in [0.5, 0.6) is 0 Å². The van der Waals surface area contributed by atoms with Gasteiger partial charge in [0.1, 0.15) is 0 Å². The Morgan fingerprint density at radius 2 is 2.12 bits per heavy atom. The van der Waals surface area contributed by atoms with Crippen LogP contribution in [-0.2, 0) is 14.3 Å². The average molecular weight is 244 g/mol. The van der Waals surface area contributed by atoms with Gasteiger partial charge in [0.05, 0.1) is 6.61 Å². The van der Waals surface area contributed by atoms with E-state index in [1.54, 1.807) is 6.92 Å². The summed E-state index contributed by atoms with van der Waals surface area (Å²) in [7, 11) is 0. The Morgan fingerprint density at radius 3 is 2.76 bits per heavy atom. The number of hydrogen-bond donors (Lipinski definition) is 1. The number of unbranched alkanes of at least 4 members (excludes halogenated alkanes) is 1. The molecule has 17 heavy (non-hydrogen) atoms. The van der Waals surface area contributed by atoms with Crippen molar-refractivity contribution >= 4 is 5.97 Å². The second-order valence-electron chi connectivity index (χ2n) is 4.61. The number of aliphatic hydroxyl groups is 1. The van der Waals surface area contributed by atoms with Gasteiger partial charge in [-0.1, -0.05) is 19.3 Å². The van der Waals surface area contributed by atoms with Crippen LogP contribution >= 0.6 is 0 Å². The molecule has 4 heteroatoms. The van der Waals surface area contributed by atoms with Crippen LogP contribution in [-0.4, -0.2) is 37.0 Å². The van der Waals surface area contributed by atoms with Crippen molar-refractivity contribution in [3.8, 4) is 0 Å². The van der Waals surface area contributed by atoms with E-state index < -0.39 is 12.1 Å². The first-order valence-electron chi connectivity index (χ1n) is 6.66. The summed E-state index contributed by atoms with van der Waals surface area (Å²) in [4.78, 5) is 11.2. The molecule has 1 aliphatic heterocycles. The first-order chi connectivity index (χ1) is 8.24. The Kier molecular flexibility index (Phi) is 7.21. The van der Waals surface area contributed by atoms with E-state index in [9.17, 15) is 9.90 Å². The zero-order chi connectivity index (χ0) is 12.5. The molecule has 0 radical (unpaired) electrons. The number of carbonyl (C=O) groups excluding carboxylic acids is 1. The van der Waals surface area contributed by atoms with E-state index in [2.05, 4.69) is 0 Å². The van der Waals surface area contributed by atoms with E-state index in [1.165, 1.54) is 6.42 Å². The molecule has 100 valence electrons. The van der Waals surface area contributed by atoms with Crippen molar-refractivity contribution in [2.75, 3.05) is 19.8 Å². The van der Waals surface area contributed by atoms with Gasteiger partial charge >= 0.3 is 5.97 Å². The zero-order valence-corrected chi connectivity index (χ0v) is 10.7. The summed E-state index contributed by atoms with van der Waals surface area (Å²) in [5.74, 6) is 0.280. The highest BCUT2D eigenvalue weighted by atomic mass is 16.5. The van der Waals surface area contributed by atoms with E-state index in [1.807, 2.05) is 0 Å². The minimum absolute atomic E-state index is 0.331.